The predicted molar refractivity (Wildman–Crippen MR) is 111 cm³/mol. The molecule has 2 aromatic rings. The maximum absolute atomic E-state index is 12.5. The molecule has 0 saturated heterocycles. The number of rotatable bonds is 8. The fourth-order valence-corrected chi connectivity index (χ4v) is 3.15. The fourth-order valence-electron chi connectivity index (χ4n) is 3.15. The molecule has 1 aliphatic rings. The zero-order valence-corrected chi connectivity index (χ0v) is 16.7. The highest BCUT2D eigenvalue weighted by atomic mass is 16.5. The molecule has 2 aromatic carbocycles. The molecule has 7 heteroatoms. The van der Waals surface area contributed by atoms with Crippen LogP contribution in [0.3, 0.4) is 0 Å². The lowest BCUT2D eigenvalue weighted by molar-refractivity contribution is -0.115. The van der Waals surface area contributed by atoms with Crippen LogP contribution in [0, 0.1) is 0 Å². The normalized spacial score (nSPS) is 12.4. The summed E-state index contributed by atoms with van der Waals surface area (Å²) >= 11 is 0. The first-order chi connectivity index (χ1) is 14.0. The van der Waals surface area contributed by atoms with Crippen LogP contribution in [0.15, 0.2) is 42.5 Å². The van der Waals surface area contributed by atoms with E-state index in [4.69, 9.17) is 4.74 Å². The monoisotopic (exact) mass is 395 g/mol. The van der Waals surface area contributed by atoms with E-state index < -0.39 is 0 Å². The summed E-state index contributed by atoms with van der Waals surface area (Å²) in [6.45, 7) is 7.01. The van der Waals surface area contributed by atoms with Gasteiger partial charge in [-0.1, -0.05) is 13.8 Å². The summed E-state index contributed by atoms with van der Waals surface area (Å²) in [5.41, 5.74) is 3.04. The van der Waals surface area contributed by atoms with E-state index in [9.17, 15) is 14.4 Å². The van der Waals surface area contributed by atoms with E-state index in [1.165, 1.54) is 0 Å². The predicted octanol–water partition coefficient (Wildman–Crippen LogP) is 2.93. The highest BCUT2D eigenvalue weighted by Crippen LogP contribution is 2.24. The summed E-state index contributed by atoms with van der Waals surface area (Å²) in [6.07, 6.45) is 0.279. The fraction of sp³-hybridized carbons (Fsp3) is 0.318. The Morgan fingerprint density at radius 1 is 1.07 bits per heavy atom. The van der Waals surface area contributed by atoms with Gasteiger partial charge >= 0.3 is 5.97 Å². The summed E-state index contributed by atoms with van der Waals surface area (Å²) in [7, 11) is 0. The minimum atomic E-state index is -0.383. The van der Waals surface area contributed by atoms with Gasteiger partial charge in [0, 0.05) is 23.5 Å². The van der Waals surface area contributed by atoms with Gasteiger partial charge in [0.1, 0.15) is 6.61 Å². The molecule has 0 atom stereocenters. The van der Waals surface area contributed by atoms with Crippen LogP contribution in [0.4, 0.5) is 11.4 Å². The molecular weight excluding hydrogens is 370 g/mol. The van der Waals surface area contributed by atoms with Gasteiger partial charge in [-0.2, -0.15) is 0 Å². The van der Waals surface area contributed by atoms with Crippen molar-refractivity contribution < 1.29 is 19.1 Å². The number of nitrogens with zero attached hydrogens (tertiary/aromatic N) is 1. The number of fused-ring (bicyclic) bond motifs is 1. The average Bonchev–Trinajstić information content (AvgIpc) is 3.10. The molecule has 0 saturated carbocycles. The summed E-state index contributed by atoms with van der Waals surface area (Å²) in [4.78, 5) is 38.2. The Morgan fingerprint density at radius 2 is 1.76 bits per heavy atom. The average molecular weight is 395 g/mol. The number of carbonyl (C=O) groups is 3. The second-order valence-electron chi connectivity index (χ2n) is 6.79. The van der Waals surface area contributed by atoms with Crippen molar-refractivity contribution in [1.82, 2.24) is 4.90 Å². The highest BCUT2D eigenvalue weighted by molar-refractivity contribution is 6.06. The zero-order chi connectivity index (χ0) is 20.8. The van der Waals surface area contributed by atoms with E-state index in [0.717, 1.165) is 24.3 Å². The quantitative estimate of drug-likeness (QED) is 0.671. The minimum absolute atomic E-state index is 0.0721. The Labute approximate surface area is 170 Å². The third-order valence-corrected chi connectivity index (χ3v) is 4.91. The molecule has 1 aliphatic heterocycles. The molecule has 29 heavy (non-hydrogen) atoms. The van der Waals surface area contributed by atoms with Gasteiger partial charge in [0.2, 0.25) is 5.91 Å². The number of amides is 2. The maximum Gasteiger partial charge on any atom is 0.338 e. The number of anilines is 2. The van der Waals surface area contributed by atoms with E-state index >= 15 is 0 Å². The van der Waals surface area contributed by atoms with Crippen LogP contribution in [0.5, 0.6) is 0 Å². The summed E-state index contributed by atoms with van der Waals surface area (Å²) in [5, 5.41) is 5.54. The number of likely N-dealkylation sites (N-methyl/N-ethyl adjacent to an activating group) is 1. The van der Waals surface area contributed by atoms with Crippen molar-refractivity contribution in [3.05, 3.63) is 59.2 Å². The number of hydrogen-bond acceptors (Lipinski definition) is 5. The molecular formula is C22H25N3O4. The van der Waals surface area contributed by atoms with Crippen molar-refractivity contribution in [1.29, 1.82) is 0 Å². The van der Waals surface area contributed by atoms with Crippen molar-refractivity contribution in [2.45, 2.75) is 20.3 Å². The van der Waals surface area contributed by atoms with Crippen molar-refractivity contribution in [3.8, 4) is 0 Å². The van der Waals surface area contributed by atoms with Crippen LogP contribution in [0.1, 0.15) is 40.1 Å². The highest BCUT2D eigenvalue weighted by Gasteiger charge is 2.19. The van der Waals surface area contributed by atoms with E-state index in [2.05, 4.69) is 29.4 Å². The van der Waals surface area contributed by atoms with Crippen LogP contribution in [0.25, 0.3) is 0 Å². The number of esters is 1. The number of nitrogens with one attached hydrogen (secondary N) is 2. The first kappa shape index (κ1) is 20.5. The van der Waals surface area contributed by atoms with E-state index in [1.807, 2.05) is 0 Å². The van der Waals surface area contributed by atoms with Crippen LogP contribution in [-0.2, 0) is 16.0 Å². The van der Waals surface area contributed by atoms with Crippen molar-refractivity contribution >= 4 is 29.2 Å². The van der Waals surface area contributed by atoms with Crippen molar-refractivity contribution in [3.63, 3.8) is 0 Å². The van der Waals surface area contributed by atoms with Gasteiger partial charge in [-0.15, -0.1) is 0 Å². The van der Waals surface area contributed by atoms with Crippen LogP contribution >= 0.6 is 0 Å². The van der Waals surface area contributed by atoms with Crippen molar-refractivity contribution in [2.24, 2.45) is 0 Å². The molecule has 0 fully saturated rings. The largest absolute Gasteiger partial charge is 0.461 e. The first-order valence-electron chi connectivity index (χ1n) is 9.73. The minimum Gasteiger partial charge on any atom is -0.461 e. The molecule has 1 heterocycles. The lowest BCUT2D eigenvalue weighted by Gasteiger charge is -2.17. The van der Waals surface area contributed by atoms with Gasteiger partial charge in [-0.25, -0.2) is 4.79 Å². The van der Waals surface area contributed by atoms with E-state index in [1.54, 1.807) is 42.5 Å². The number of hydrogen-bond donors (Lipinski definition) is 2. The molecule has 7 nitrogen and oxygen atoms in total. The molecule has 2 N–H and O–H groups in total. The number of carbonyl (C=O) groups excluding carboxylic acids is 3. The van der Waals surface area contributed by atoms with Gasteiger partial charge in [-0.3, -0.25) is 9.59 Å². The Morgan fingerprint density at radius 3 is 2.45 bits per heavy atom. The Kier molecular flexibility index (Phi) is 6.61. The van der Waals surface area contributed by atoms with Gasteiger partial charge in [0.25, 0.3) is 5.91 Å². The Hall–Kier alpha value is -3.19. The standard InChI is InChI=1S/C22H25N3O4/c1-3-25(4-2)11-12-29-22(28)15-5-8-18(9-6-15)23-21(27)16-7-10-19-17(13-16)14-20(26)24-19/h5-10,13H,3-4,11-12,14H2,1-2H3,(H,23,27)(H,24,26). The molecule has 3 rings (SSSR count). The van der Waals surface area contributed by atoms with Crippen molar-refractivity contribution in [2.75, 3.05) is 36.9 Å². The third kappa shape index (κ3) is 5.20. The Bertz CT molecular complexity index is 905. The van der Waals surface area contributed by atoms with Gasteiger partial charge in [0.05, 0.1) is 12.0 Å². The molecule has 0 aliphatic carbocycles. The molecule has 0 radical (unpaired) electrons. The maximum atomic E-state index is 12.5. The summed E-state index contributed by atoms with van der Waals surface area (Å²) in [6, 6.07) is 11.7. The molecule has 0 bridgehead atoms. The molecule has 2 amide bonds. The van der Waals surface area contributed by atoms with E-state index in [-0.39, 0.29) is 24.2 Å². The first-order valence-corrected chi connectivity index (χ1v) is 9.73. The van der Waals surface area contributed by atoms with Crippen LogP contribution in [0.2, 0.25) is 0 Å². The lowest BCUT2D eigenvalue weighted by atomic mass is 10.1. The van der Waals surface area contributed by atoms with Gasteiger partial charge in [0.15, 0.2) is 0 Å². The van der Waals surface area contributed by atoms with Crippen LogP contribution in [-0.4, -0.2) is 48.9 Å². The zero-order valence-electron chi connectivity index (χ0n) is 16.7. The lowest BCUT2D eigenvalue weighted by Crippen LogP contribution is -2.27. The molecule has 152 valence electrons. The summed E-state index contributed by atoms with van der Waals surface area (Å²) < 4.78 is 5.30. The van der Waals surface area contributed by atoms with Gasteiger partial charge < -0.3 is 20.3 Å². The topological polar surface area (TPSA) is 87.7 Å². The molecule has 0 aromatic heterocycles. The SMILES string of the molecule is CCN(CC)CCOC(=O)c1ccc(NC(=O)c2ccc3c(c2)CC(=O)N3)cc1. The molecule has 0 spiro atoms. The van der Waals surface area contributed by atoms with E-state index in [0.29, 0.717) is 30.0 Å². The number of ether oxygens (including phenoxy) is 1. The third-order valence-electron chi connectivity index (χ3n) is 4.91. The molecule has 0 unspecified atom stereocenters. The smallest absolute Gasteiger partial charge is 0.338 e. The van der Waals surface area contributed by atoms with Crippen LogP contribution < -0.4 is 10.6 Å². The second kappa shape index (κ2) is 9.34. The summed E-state index contributed by atoms with van der Waals surface area (Å²) in [5.74, 6) is -0.732. The number of benzene rings is 2. The van der Waals surface area contributed by atoms with Gasteiger partial charge in [-0.05, 0) is 61.1 Å². The Balaban J connectivity index is 1.55. The second-order valence-corrected chi connectivity index (χ2v) is 6.79.